The number of ether oxygens (including phenoxy) is 1. The molecule has 31 heavy (non-hydrogen) atoms. The molecule has 0 bridgehead atoms. The number of ketones is 1. The number of hydrogen-bond donors (Lipinski definition) is 1. The van der Waals surface area contributed by atoms with E-state index in [9.17, 15) is 14.7 Å². The van der Waals surface area contributed by atoms with E-state index in [1.54, 1.807) is 12.0 Å². The molecule has 1 unspecified atom stereocenters. The van der Waals surface area contributed by atoms with Crippen LogP contribution >= 0.6 is 0 Å². The van der Waals surface area contributed by atoms with Crippen LogP contribution in [0.3, 0.4) is 0 Å². The van der Waals surface area contributed by atoms with E-state index in [-0.39, 0.29) is 11.3 Å². The van der Waals surface area contributed by atoms with Crippen LogP contribution in [0.2, 0.25) is 0 Å². The van der Waals surface area contributed by atoms with E-state index in [2.05, 4.69) is 0 Å². The average Bonchev–Trinajstić information content (AvgIpc) is 3.06. The number of benzene rings is 2. The van der Waals surface area contributed by atoms with E-state index in [1.165, 1.54) is 17.5 Å². The van der Waals surface area contributed by atoms with Crippen LogP contribution in [0.1, 0.15) is 60.9 Å². The van der Waals surface area contributed by atoms with E-state index in [1.807, 2.05) is 49.4 Å². The molecule has 1 aliphatic heterocycles. The SMILES string of the molecule is CCCCN1C(=O)C(=O)/C(=C(/O)c2ccc3c(c2)CCCC3)C1c1ccccc1OC. The minimum absolute atomic E-state index is 0.110. The molecule has 2 aromatic rings. The molecule has 2 aromatic carbocycles. The van der Waals surface area contributed by atoms with E-state index < -0.39 is 17.7 Å². The maximum absolute atomic E-state index is 13.1. The van der Waals surface area contributed by atoms with Crippen molar-refractivity contribution in [2.24, 2.45) is 0 Å². The molecular formula is C26H29NO4. The first-order chi connectivity index (χ1) is 15.1. The average molecular weight is 420 g/mol. The van der Waals surface area contributed by atoms with Crippen LogP contribution in [0.25, 0.3) is 5.76 Å². The summed E-state index contributed by atoms with van der Waals surface area (Å²) >= 11 is 0. The number of Topliss-reactive ketones (excluding diaryl/α,β-unsaturated/α-hetero) is 1. The number of carbonyl (C=O) groups excluding carboxylic acids is 2. The molecule has 5 heteroatoms. The first-order valence-electron chi connectivity index (χ1n) is 11.1. The fourth-order valence-electron chi connectivity index (χ4n) is 4.69. The fourth-order valence-corrected chi connectivity index (χ4v) is 4.69. The van der Waals surface area contributed by atoms with E-state index in [0.717, 1.165) is 32.1 Å². The summed E-state index contributed by atoms with van der Waals surface area (Å²) in [5.74, 6) is -0.722. The molecule has 1 amide bonds. The number of likely N-dealkylation sites (tertiary alicyclic amines) is 1. The lowest BCUT2D eigenvalue weighted by atomic mass is 9.88. The lowest BCUT2D eigenvalue weighted by Gasteiger charge is -2.26. The summed E-state index contributed by atoms with van der Waals surface area (Å²) < 4.78 is 5.54. The lowest BCUT2D eigenvalue weighted by molar-refractivity contribution is -0.139. The predicted octanol–water partition coefficient (Wildman–Crippen LogP) is 4.80. The Hall–Kier alpha value is -3.08. The molecule has 162 valence electrons. The Balaban J connectivity index is 1.86. The van der Waals surface area contributed by atoms with Gasteiger partial charge >= 0.3 is 0 Å². The van der Waals surface area contributed by atoms with Gasteiger partial charge in [0.05, 0.1) is 18.7 Å². The van der Waals surface area contributed by atoms with Crippen molar-refractivity contribution in [3.8, 4) is 5.75 Å². The zero-order valence-electron chi connectivity index (χ0n) is 18.2. The Morgan fingerprint density at radius 2 is 1.84 bits per heavy atom. The first kappa shape index (κ1) is 21.2. The van der Waals surface area contributed by atoms with Crippen molar-refractivity contribution in [1.82, 2.24) is 4.90 Å². The minimum Gasteiger partial charge on any atom is -0.507 e. The molecule has 2 aliphatic rings. The van der Waals surface area contributed by atoms with Crippen LogP contribution in [0, 0.1) is 0 Å². The standard InChI is InChI=1S/C26H29NO4/c1-3-4-15-27-23(20-11-7-8-12-21(20)31-2)22(25(29)26(27)30)24(28)19-14-13-17-9-5-6-10-18(17)16-19/h7-8,11-14,16,23,28H,3-6,9-10,15H2,1-2H3/b24-22+. The number of fused-ring (bicyclic) bond motifs is 1. The summed E-state index contributed by atoms with van der Waals surface area (Å²) in [4.78, 5) is 27.7. The van der Waals surface area contributed by atoms with Crippen molar-refractivity contribution in [2.45, 2.75) is 51.5 Å². The second kappa shape index (κ2) is 8.96. The number of hydrogen-bond acceptors (Lipinski definition) is 4. The lowest BCUT2D eigenvalue weighted by Crippen LogP contribution is -2.30. The molecule has 1 aliphatic carbocycles. The Kier molecular flexibility index (Phi) is 6.12. The van der Waals surface area contributed by atoms with Gasteiger partial charge in [-0.1, -0.05) is 43.7 Å². The van der Waals surface area contributed by atoms with Crippen molar-refractivity contribution in [3.63, 3.8) is 0 Å². The second-order valence-corrected chi connectivity index (χ2v) is 8.28. The molecular weight excluding hydrogens is 390 g/mol. The van der Waals surface area contributed by atoms with Gasteiger partial charge in [0.2, 0.25) is 0 Å². The highest BCUT2D eigenvalue weighted by Gasteiger charge is 2.46. The Labute approximate surface area is 183 Å². The third-order valence-corrected chi connectivity index (χ3v) is 6.35. The molecule has 1 fully saturated rings. The molecule has 0 aromatic heterocycles. The highest BCUT2D eigenvalue weighted by Crippen LogP contribution is 2.43. The van der Waals surface area contributed by atoms with E-state index in [4.69, 9.17) is 4.74 Å². The van der Waals surface area contributed by atoms with Crippen LogP contribution in [-0.4, -0.2) is 35.4 Å². The number of aliphatic hydroxyl groups excluding tert-OH is 1. The van der Waals surface area contributed by atoms with Gasteiger partial charge in [-0.2, -0.15) is 0 Å². The fraction of sp³-hybridized carbons (Fsp3) is 0.385. The van der Waals surface area contributed by atoms with Gasteiger partial charge < -0.3 is 14.7 Å². The molecule has 1 saturated heterocycles. The summed E-state index contributed by atoms with van der Waals surface area (Å²) in [5, 5.41) is 11.3. The van der Waals surface area contributed by atoms with Gasteiger partial charge in [0.15, 0.2) is 0 Å². The molecule has 1 N–H and O–H groups in total. The predicted molar refractivity (Wildman–Crippen MR) is 120 cm³/mol. The molecule has 0 saturated carbocycles. The zero-order valence-corrected chi connectivity index (χ0v) is 18.2. The van der Waals surface area contributed by atoms with Gasteiger partial charge in [-0.3, -0.25) is 9.59 Å². The van der Waals surface area contributed by atoms with Gasteiger partial charge in [-0.25, -0.2) is 0 Å². The minimum atomic E-state index is -0.668. The topological polar surface area (TPSA) is 66.8 Å². The number of carbonyl (C=O) groups is 2. The molecule has 0 radical (unpaired) electrons. The summed E-state index contributed by atoms with van der Waals surface area (Å²) in [6.07, 6.45) is 5.98. The van der Waals surface area contributed by atoms with Crippen molar-refractivity contribution < 1.29 is 19.4 Å². The smallest absolute Gasteiger partial charge is 0.295 e. The Bertz CT molecular complexity index is 1040. The van der Waals surface area contributed by atoms with Crippen molar-refractivity contribution >= 4 is 17.4 Å². The number of aliphatic hydroxyl groups is 1. The van der Waals surface area contributed by atoms with Gasteiger partial charge in [-0.05, 0) is 55.4 Å². The second-order valence-electron chi connectivity index (χ2n) is 8.28. The summed E-state index contributed by atoms with van der Waals surface area (Å²) in [6.45, 7) is 2.49. The van der Waals surface area contributed by atoms with Gasteiger partial charge in [0, 0.05) is 17.7 Å². The van der Waals surface area contributed by atoms with Crippen LogP contribution in [0.15, 0.2) is 48.0 Å². The number of rotatable bonds is 6. The van der Waals surface area contributed by atoms with Gasteiger partial charge in [0.25, 0.3) is 11.7 Å². The number of nitrogens with zero attached hydrogens (tertiary/aromatic N) is 1. The maximum atomic E-state index is 13.1. The third-order valence-electron chi connectivity index (χ3n) is 6.35. The largest absolute Gasteiger partial charge is 0.507 e. The van der Waals surface area contributed by atoms with Crippen LogP contribution in [-0.2, 0) is 22.4 Å². The number of aryl methyl sites for hydroxylation is 2. The third kappa shape index (κ3) is 3.85. The van der Waals surface area contributed by atoms with E-state index in [0.29, 0.717) is 23.4 Å². The highest BCUT2D eigenvalue weighted by molar-refractivity contribution is 6.46. The Morgan fingerprint density at radius 1 is 1.10 bits per heavy atom. The van der Waals surface area contributed by atoms with Crippen molar-refractivity contribution in [1.29, 1.82) is 0 Å². The number of amides is 1. The zero-order chi connectivity index (χ0) is 22.0. The molecule has 1 heterocycles. The highest BCUT2D eigenvalue weighted by atomic mass is 16.5. The van der Waals surface area contributed by atoms with Crippen LogP contribution in [0.4, 0.5) is 0 Å². The molecule has 4 rings (SSSR count). The summed E-state index contributed by atoms with van der Waals surface area (Å²) in [5.41, 5.74) is 3.95. The van der Waals surface area contributed by atoms with Gasteiger partial charge in [-0.15, -0.1) is 0 Å². The molecule has 0 spiro atoms. The molecule has 1 atom stereocenters. The number of para-hydroxylation sites is 1. The van der Waals surface area contributed by atoms with Crippen LogP contribution in [0.5, 0.6) is 5.75 Å². The van der Waals surface area contributed by atoms with Crippen molar-refractivity contribution in [3.05, 3.63) is 70.3 Å². The molecule has 5 nitrogen and oxygen atoms in total. The number of methoxy groups -OCH3 is 1. The van der Waals surface area contributed by atoms with E-state index >= 15 is 0 Å². The van der Waals surface area contributed by atoms with Gasteiger partial charge in [0.1, 0.15) is 11.5 Å². The number of unbranched alkanes of at least 4 members (excludes halogenated alkanes) is 1. The normalized spacial score (nSPS) is 20.1. The Morgan fingerprint density at radius 3 is 2.58 bits per heavy atom. The summed E-state index contributed by atoms with van der Waals surface area (Å²) in [7, 11) is 1.57. The maximum Gasteiger partial charge on any atom is 0.295 e. The van der Waals surface area contributed by atoms with Crippen LogP contribution < -0.4 is 4.74 Å². The van der Waals surface area contributed by atoms with Crippen molar-refractivity contribution in [2.75, 3.05) is 13.7 Å². The summed E-state index contributed by atoms with van der Waals surface area (Å²) in [6, 6.07) is 12.6. The quantitative estimate of drug-likeness (QED) is 0.415. The first-order valence-corrected chi connectivity index (χ1v) is 11.1. The monoisotopic (exact) mass is 419 g/mol.